The third-order valence-corrected chi connectivity index (χ3v) is 2.50. The fourth-order valence-electron chi connectivity index (χ4n) is 1.47. The van der Waals surface area contributed by atoms with Gasteiger partial charge in [-0.05, 0) is 24.8 Å². The van der Waals surface area contributed by atoms with Gasteiger partial charge in [0, 0.05) is 6.54 Å². The molecule has 0 bridgehead atoms. The molecule has 0 aliphatic carbocycles. The molecule has 1 aromatic heterocycles. The number of carbonyl (C=O) groups is 1. The second kappa shape index (κ2) is 6.54. The van der Waals surface area contributed by atoms with Gasteiger partial charge in [-0.15, -0.1) is 0 Å². The summed E-state index contributed by atoms with van der Waals surface area (Å²) in [4.78, 5) is 17.1. The van der Waals surface area contributed by atoms with Crippen LogP contribution in [-0.2, 0) is 11.4 Å². The average molecular weight is 253 g/mol. The van der Waals surface area contributed by atoms with E-state index in [1.807, 2.05) is 26.8 Å². The van der Waals surface area contributed by atoms with Crippen LogP contribution in [-0.4, -0.2) is 22.3 Å². The van der Waals surface area contributed by atoms with Gasteiger partial charge in [0.05, 0.1) is 12.3 Å². The summed E-state index contributed by atoms with van der Waals surface area (Å²) in [6.45, 7) is 11.3. The Morgan fingerprint density at radius 3 is 2.61 bits per heavy atom. The van der Waals surface area contributed by atoms with Gasteiger partial charge < -0.3 is 0 Å². The molecule has 0 radical (unpaired) electrons. The highest BCUT2D eigenvalue weighted by molar-refractivity contribution is 5.91. The molecular weight excluding hydrogens is 230 g/mol. The molecule has 0 fully saturated rings. The number of nitrogens with one attached hydrogen (secondary N) is 1. The van der Waals surface area contributed by atoms with Crippen LogP contribution in [0, 0.1) is 5.92 Å². The summed E-state index contributed by atoms with van der Waals surface area (Å²) >= 11 is 0. The lowest BCUT2D eigenvalue weighted by molar-refractivity contribution is 0.0200. The zero-order valence-corrected chi connectivity index (χ0v) is 11.9. The second-order valence-corrected chi connectivity index (χ2v) is 5.06. The fraction of sp³-hybridized carbons (Fsp3) is 0.692. The van der Waals surface area contributed by atoms with Crippen LogP contribution in [0.4, 0.5) is 0 Å². The van der Waals surface area contributed by atoms with Crippen molar-refractivity contribution in [3.8, 4) is 0 Å². The number of nitrogens with zero attached hydrogens (tertiary/aromatic N) is 2. The monoisotopic (exact) mass is 253 g/mol. The van der Waals surface area contributed by atoms with Crippen molar-refractivity contribution in [2.75, 3.05) is 6.61 Å². The van der Waals surface area contributed by atoms with E-state index in [4.69, 9.17) is 4.84 Å². The molecular formula is C13H23N3O2. The van der Waals surface area contributed by atoms with Gasteiger partial charge in [-0.1, -0.05) is 27.7 Å². The van der Waals surface area contributed by atoms with E-state index in [1.54, 1.807) is 4.68 Å². The zero-order chi connectivity index (χ0) is 13.7. The van der Waals surface area contributed by atoms with Gasteiger partial charge >= 0.3 is 0 Å². The summed E-state index contributed by atoms with van der Waals surface area (Å²) in [6.07, 6.45) is 0. The van der Waals surface area contributed by atoms with Crippen molar-refractivity contribution in [1.29, 1.82) is 0 Å². The predicted octanol–water partition coefficient (Wildman–Crippen LogP) is 2.34. The summed E-state index contributed by atoms with van der Waals surface area (Å²) in [5, 5.41) is 4.39. The maximum absolute atomic E-state index is 11.9. The fourth-order valence-corrected chi connectivity index (χ4v) is 1.47. The van der Waals surface area contributed by atoms with Crippen molar-refractivity contribution in [1.82, 2.24) is 15.3 Å². The Hall–Kier alpha value is -1.36. The van der Waals surface area contributed by atoms with E-state index < -0.39 is 0 Å². The lowest BCUT2D eigenvalue weighted by Gasteiger charge is -2.08. The molecule has 0 saturated carbocycles. The molecule has 0 unspecified atom stereocenters. The first-order valence-electron chi connectivity index (χ1n) is 6.45. The minimum absolute atomic E-state index is 0.239. The number of rotatable bonds is 6. The van der Waals surface area contributed by atoms with Crippen molar-refractivity contribution in [2.24, 2.45) is 5.92 Å². The van der Waals surface area contributed by atoms with Crippen LogP contribution in [0.25, 0.3) is 0 Å². The molecule has 18 heavy (non-hydrogen) atoms. The Kier molecular flexibility index (Phi) is 5.34. The Morgan fingerprint density at radius 2 is 2.11 bits per heavy atom. The van der Waals surface area contributed by atoms with Crippen LogP contribution < -0.4 is 5.48 Å². The first-order valence-corrected chi connectivity index (χ1v) is 6.45. The molecule has 5 nitrogen and oxygen atoms in total. The minimum Gasteiger partial charge on any atom is -0.273 e. The van der Waals surface area contributed by atoms with Gasteiger partial charge in [0.15, 0.2) is 0 Å². The van der Waals surface area contributed by atoms with Crippen molar-refractivity contribution in [3.05, 3.63) is 17.5 Å². The number of hydrogen-bond donors (Lipinski definition) is 1. The number of aryl methyl sites for hydroxylation is 1. The highest BCUT2D eigenvalue weighted by atomic mass is 16.6. The first-order chi connectivity index (χ1) is 8.45. The summed E-state index contributed by atoms with van der Waals surface area (Å²) < 4.78 is 1.70. The van der Waals surface area contributed by atoms with Crippen LogP contribution in [0.1, 0.15) is 56.7 Å². The topological polar surface area (TPSA) is 56.2 Å². The van der Waals surface area contributed by atoms with Gasteiger partial charge in [0.25, 0.3) is 5.91 Å². The second-order valence-electron chi connectivity index (χ2n) is 5.06. The molecule has 0 saturated heterocycles. The Labute approximate surface area is 108 Å². The van der Waals surface area contributed by atoms with E-state index in [2.05, 4.69) is 24.4 Å². The molecule has 1 heterocycles. The van der Waals surface area contributed by atoms with Gasteiger partial charge in [-0.3, -0.25) is 14.3 Å². The van der Waals surface area contributed by atoms with Crippen LogP contribution in [0.15, 0.2) is 6.07 Å². The summed E-state index contributed by atoms with van der Waals surface area (Å²) in [5.74, 6) is 0.449. The number of hydrogen-bond acceptors (Lipinski definition) is 3. The highest BCUT2D eigenvalue weighted by Crippen LogP contribution is 2.14. The molecule has 1 N–H and O–H groups in total. The molecule has 0 aromatic carbocycles. The molecule has 0 atom stereocenters. The summed E-state index contributed by atoms with van der Waals surface area (Å²) in [5.41, 5.74) is 3.93. The third-order valence-electron chi connectivity index (χ3n) is 2.50. The molecule has 0 spiro atoms. The van der Waals surface area contributed by atoms with Crippen LogP contribution in [0.3, 0.4) is 0 Å². The van der Waals surface area contributed by atoms with E-state index in [9.17, 15) is 4.79 Å². The van der Waals surface area contributed by atoms with Crippen molar-refractivity contribution < 1.29 is 9.63 Å². The maximum Gasteiger partial charge on any atom is 0.293 e. The molecule has 102 valence electrons. The van der Waals surface area contributed by atoms with Crippen molar-refractivity contribution in [2.45, 2.75) is 47.1 Å². The van der Waals surface area contributed by atoms with Gasteiger partial charge in [0.2, 0.25) is 0 Å². The van der Waals surface area contributed by atoms with Crippen molar-refractivity contribution in [3.63, 3.8) is 0 Å². The number of aromatic nitrogens is 2. The highest BCUT2D eigenvalue weighted by Gasteiger charge is 2.16. The molecule has 1 rings (SSSR count). The number of amides is 1. The molecule has 5 heteroatoms. The Balaban J connectivity index is 2.72. The number of carbonyl (C=O) groups excluding carboxylic acids is 1. The SMILES string of the molecule is CCn1nc(C(C)C)cc1C(=O)NOCC(C)C. The van der Waals surface area contributed by atoms with Crippen LogP contribution >= 0.6 is 0 Å². The quantitative estimate of drug-likeness (QED) is 0.792. The molecule has 0 aliphatic rings. The molecule has 0 aliphatic heterocycles. The standard InChI is InChI=1S/C13H23N3O2/c1-6-16-12(7-11(14-16)10(4)5)13(17)15-18-8-9(2)3/h7,9-10H,6,8H2,1-5H3,(H,15,17). The van der Waals surface area contributed by atoms with Gasteiger partial charge in [-0.25, -0.2) is 5.48 Å². The van der Waals surface area contributed by atoms with Gasteiger partial charge in [0.1, 0.15) is 5.69 Å². The summed E-state index contributed by atoms with van der Waals surface area (Å²) in [6, 6.07) is 1.82. The minimum atomic E-state index is -0.239. The van der Waals surface area contributed by atoms with E-state index in [-0.39, 0.29) is 5.91 Å². The van der Waals surface area contributed by atoms with Crippen molar-refractivity contribution >= 4 is 5.91 Å². The van der Waals surface area contributed by atoms with E-state index >= 15 is 0 Å². The van der Waals surface area contributed by atoms with Crippen LogP contribution in [0.2, 0.25) is 0 Å². The maximum atomic E-state index is 11.9. The van der Waals surface area contributed by atoms with Crippen LogP contribution in [0.5, 0.6) is 0 Å². The largest absolute Gasteiger partial charge is 0.293 e. The van der Waals surface area contributed by atoms with E-state index in [0.717, 1.165) is 5.69 Å². The van der Waals surface area contributed by atoms with E-state index in [1.165, 1.54) is 0 Å². The predicted molar refractivity (Wildman–Crippen MR) is 70.2 cm³/mol. The molecule has 1 amide bonds. The normalized spacial score (nSPS) is 11.3. The number of hydroxylamine groups is 1. The molecule has 1 aromatic rings. The average Bonchev–Trinajstić information content (AvgIpc) is 2.72. The third kappa shape index (κ3) is 3.84. The summed E-state index contributed by atoms with van der Waals surface area (Å²) in [7, 11) is 0. The lowest BCUT2D eigenvalue weighted by Crippen LogP contribution is -2.27. The van der Waals surface area contributed by atoms with E-state index in [0.29, 0.717) is 30.7 Å². The van der Waals surface area contributed by atoms with Gasteiger partial charge in [-0.2, -0.15) is 5.10 Å². The smallest absolute Gasteiger partial charge is 0.273 e. The Morgan fingerprint density at radius 1 is 1.44 bits per heavy atom. The first kappa shape index (κ1) is 14.7. The zero-order valence-electron chi connectivity index (χ0n) is 11.9. The lowest BCUT2D eigenvalue weighted by atomic mass is 10.1. The Bertz CT molecular complexity index is 397.